The van der Waals surface area contributed by atoms with Crippen LogP contribution in [0.15, 0.2) is 47.3 Å². The second-order valence-electron chi connectivity index (χ2n) is 13.7. The number of allylic oxidation sites excluding steroid dienone is 2. The molecule has 0 radical (unpaired) electrons. The van der Waals surface area contributed by atoms with Gasteiger partial charge in [-0.05, 0) is 105 Å². The summed E-state index contributed by atoms with van der Waals surface area (Å²) in [6.45, 7) is 6.28. The zero-order chi connectivity index (χ0) is 29.6. The number of nitrogens with zero attached hydrogens (tertiary/aromatic N) is 1. The molecular weight excluding hydrogens is 530 g/mol. The number of aromatic amines is 1. The van der Waals surface area contributed by atoms with E-state index in [1.807, 2.05) is 24.3 Å². The van der Waals surface area contributed by atoms with E-state index in [9.17, 15) is 19.5 Å². The Morgan fingerprint density at radius 2 is 1.90 bits per heavy atom. The molecule has 7 atom stereocenters. The van der Waals surface area contributed by atoms with Crippen LogP contribution in [-0.2, 0) is 25.6 Å². The second-order valence-corrected chi connectivity index (χ2v) is 13.7. The number of benzene rings is 1. The molecule has 224 valence electrons. The summed E-state index contributed by atoms with van der Waals surface area (Å²) in [7, 11) is 0. The van der Waals surface area contributed by atoms with E-state index in [1.165, 1.54) is 24.8 Å². The highest BCUT2D eigenvalue weighted by atomic mass is 16.6. The van der Waals surface area contributed by atoms with E-state index in [2.05, 4.69) is 35.4 Å². The van der Waals surface area contributed by atoms with Crippen LogP contribution in [0.5, 0.6) is 0 Å². The highest BCUT2D eigenvalue weighted by molar-refractivity contribution is 5.96. The molecule has 1 amide bonds. The number of amides is 1. The van der Waals surface area contributed by atoms with E-state index in [4.69, 9.17) is 4.84 Å². The fourth-order valence-corrected chi connectivity index (χ4v) is 9.44. The molecule has 8 nitrogen and oxygen atoms in total. The molecule has 0 aliphatic heterocycles. The second kappa shape index (κ2) is 11.0. The molecule has 1 aromatic heterocycles. The van der Waals surface area contributed by atoms with Gasteiger partial charge in [0.25, 0.3) is 5.91 Å². The zero-order valence-corrected chi connectivity index (χ0v) is 24.9. The molecule has 1 heterocycles. The lowest BCUT2D eigenvalue weighted by Crippen LogP contribution is -2.51. The maximum Gasteiger partial charge on any atom is 0.326 e. The quantitative estimate of drug-likeness (QED) is 0.344. The number of carboxylic acid groups (broad SMARTS) is 1. The Kier molecular flexibility index (Phi) is 7.52. The number of hydrogen-bond donors (Lipinski definition) is 3. The van der Waals surface area contributed by atoms with Gasteiger partial charge in [-0.15, -0.1) is 0 Å². The van der Waals surface area contributed by atoms with Crippen LogP contribution in [0.2, 0.25) is 0 Å². The Labute approximate surface area is 247 Å². The van der Waals surface area contributed by atoms with Gasteiger partial charge >= 0.3 is 5.97 Å². The summed E-state index contributed by atoms with van der Waals surface area (Å²) in [6.07, 6.45) is 12.7. The van der Waals surface area contributed by atoms with Crippen molar-refractivity contribution in [3.8, 4) is 0 Å². The van der Waals surface area contributed by atoms with Crippen molar-refractivity contribution in [1.29, 1.82) is 0 Å². The highest BCUT2D eigenvalue weighted by Gasteiger charge is 2.59. The lowest BCUT2D eigenvalue weighted by molar-refractivity contribution is -0.142. The normalized spacial score (nSPS) is 33.7. The molecule has 3 N–H and O–H groups in total. The number of carbonyl (C=O) groups excluding carboxylic acids is 2. The minimum atomic E-state index is -1.09. The van der Waals surface area contributed by atoms with Gasteiger partial charge in [-0.3, -0.25) is 9.59 Å². The average Bonchev–Trinajstić information content (AvgIpc) is 3.53. The monoisotopic (exact) mass is 573 g/mol. The van der Waals surface area contributed by atoms with Gasteiger partial charge in [-0.25, -0.2) is 4.79 Å². The van der Waals surface area contributed by atoms with Crippen molar-refractivity contribution in [2.75, 3.05) is 6.61 Å². The molecule has 2 aromatic rings. The third-order valence-corrected chi connectivity index (χ3v) is 11.6. The number of fused-ring (bicyclic) bond motifs is 6. The molecule has 0 saturated heterocycles. The van der Waals surface area contributed by atoms with Crippen molar-refractivity contribution in [3.05, 3.63) is 47.7 Å². The Morgan fingerprint density at radius 3 is 2.69 bits per heavy atom. The summed E-state index contributed by atoms with van der Waals surface area (Å²) in [5.74, 6) is 0.967. The van der Waals surface area contributed by atoms with E-state index < -0.39 is 17.9 Å². The Bertz CT molecular complexity index is 1460. The summed E-state index contributed by atoms with van der Waals surface area (Å²) >= 11 is 0. The van der Waals surface area contributed by atoms with Crippen molar-refractivity contribution in [2.24, 2.45) is 39.7 Å². The highest BCUT2D eigenvalue weighted by Crippen LogP contribution is 2.66. The van der Waals surface area contributed by atoms with Crippen molar-refractivity contribution in [1.82, 2.24) is 10.3 Å². The standard InChI is InChI=1S/C34H43N3O5/c1-20(38)26-10-11-27-25-9-8-22-17-23(12-14-33(22,2)28(25)13-15-34(26,27)3)37-42-19-31(39)36-30(32(40)41)16-21-18-35-29-7-5-4-6-24(21)29/h4-7,17-18,25-28,30,35H,8-16,19H2,1-3H3,(H,36,39)(H,40,41)/b37-23-/t25-,26-,27+,28-,30-,33-,34+/m0/s1. The van der Waals surface area contributed by atoms with E-state index in [0.29, 0.717) is 23.5 Å². The Morgan fingerprint density at radius 1 is 1.10 bits per heavy atom. The minimum absolute atomic E-state index is 0.145. The van der Waals surface area contributed by atoms with Crippen molar-refractivity contribution >= 4 is 34.3 Å². The van der Waals surface area contributed by atoms with Gasteiger partial charge in [-0.1, -0.05) is 42.8 Å². The number of Topliss-reactive ketones (excluding diaryl/α,β-unsaturated/α-hetero) is 1. The summed E-state index contributed by atoms with van der Waals surface area (Å²) in [4.78, 5) is 45.5. The smallest absolute Gasteiger partial charge is 0.326 e. The minimum Gasteiger partial charge on any atom is -0.480 e. The molecule has 0 spiro atoms. The van der Waals surface area contributed by atoms with Crippen LogP contribution < -0.4 is 5.32 Å². The predicted octanol–water partition coefficient (Wildman–Crippen LogP) is 5.82. The third kappa shape index (κ3) is 4.96. The van der Waals surface area contributed by atoms with Gasteiger partial charge in [0.15, 0.2) is 6.61 Å². The largest absolute Gasteiger partial charge is 0.480 e. The molecule has 3 fully saturated rings. The van der Waals surface area contributed by atoms with Gasteiger partial charge in [0.2, 0.25) is 0 Å². The van der Waals surface area contributed by atoms with Crippen LogP contribution in [0.4, 0.5) is 0 Å². The van der Waals surface area contributed by atoms with E-state index in [1.54, 1.807) is 13.1 Å². The third-order valence-electron chi connectivity index (χ3n) is 11.6. The maximum absolute atomic E-state index is 12.6. The molecular formula is C34H43N3O5. The summed E-state index contributed by atoms with van der Waals surface area (Å²) in [5, 5.41) is 17.6. The number of ketones is 1. The molecule has 3 saturated carbocycles. The van der Waals surface area contributed by atoms with Crippen LogP contribution in [-0.4, -0.2) is 46.1 Å². The van der Waals surface area contributed by atoms with Gasteiger partial charge in [-0.2, -0.15) is 0 Å². The van der Waals surface area contributed by atoms with E-state index in [-0.39, 0.29) is 29.8 Å². The van der Waals surface area contributed by atoms with Crippen LogP contribution in [0.3, 0.4) is 0 Å². The number of H-pyrrole nitrogens is 1. The zero-order valence-electron chi connectivity index (χ0n) is 24.9. The van der Waals surface area contributed by atoms with Crippen LogP contribution >= 0.6 is 0 Å². The predicted molar refractivity (Wildman–Crippen MR) is 161 cm³/mol. The molecule has 8 heteroatoms. The first kappa shape index (κ1) is 28.7. The maximum atomic E-state index is 12.6. The first-order chi connectivity index (χ1) is 20.1. The first-order valence-electron chi connectivity index (χ1n) is 15.6. The molecule has 0 bridgehead atoms. The number of aromatic nitrogens is 1. The number of para-hydroxylation sites is 1. The van der Waals surface area contributed by atoms with Crippen molar-refractivity contribution in [3.63, 3.8) is 0 Å². The molecule has 4 aliphatic rings. The number of carboxylic acids is 1. The number of nitrogens with one attached hydrogen (secondary N) is 2. The van der Waals surface area contributed by atoms with E-state index in [0.717, 1.165) is 54.3 Å². The molecule has 1 aromatic carbocycles. The van der Waals surface area contributed by atoms with Crippen molar-refractivity contribution in [2.45, 2.75) is 84.6 Å². The van der Waals surface area contributed by atoms with Crippen LogP contribution in [0.25, 0.3) is 10.9 Å². The fourth-order valence-electron chi connectivity index (χ4n) is 9.44. The number of hydrogen-bond acceptors (Lipinski definition) is 5. The lowest BCUT2D eigenvalue weighted by atomic mass is 9.46. The van der Waals surface area contributed by atoms with Gasteiger partial charge in [0.05, 0.1) is 5.71 Å². The number of oxime groups is 1. The van der Waals surface area contributed by atoms with Crippen LogP contribution in [0, 0.1) is 34.5 Å². The summed E-state index contributed by atoms with van der Waals surface area (Å²) < 4.78 is 0. The number of aliphatic carboxylic acids is 1. The fraction of sp³-hybridized carbons (Fsp3) is 0.588. The van der Waals surface area contributed by atoms with Gasteiger partial charge in [0.1, 0.15) is 11.8 Å². The van der Waals surface area contributed by atoms with Gasteiger partial charge in [0, 0.05) is 29.4 Å². The van der Waals surface area contributed by atoms with Crippen LogP contribution in [0.1, 0.15) is 77.7 Å². The topological polar surface area (TPSA) is 121 Å². The number of rotatable bonds is 8. The number of carbonyl (C=O) groups is 3. The molecule has 4 aliphatic carbocycles. The van der Waals surface area contributed by atoms with Crippen molar-refractivity contribution < 1.29 is 24.3 Å². The molecule has 42 heavy (non-hydrogen) atoms. The summed E-state index contributed by atoms with van der Waals surface area (Å²) in [6, 6.07) is 6.61. The molecule has 6 rings (SSSR count). The lowest BCUT2D eigenvalue weighted by Gasteiger charge is -2.58. The Hall–Kier alpha value is -3.42. The SMILES string of the molecule is CC(=O)[C@@H]1CC[C@@H]2[C@@H]3CCC4=C/C(=N\OCC(=O)N[C@@H](Cc5c[nH]c6ccccc56)C(=O)O)CC[C@]4(C)[C@H]3CC[C@@]21C. The Balaban J connectivity index is 1.06. The average molecular weight is 574 g/mol. The van der Waals surface area contributed by atoms with E-state index >= 15 is 0 Å². The summed E-state index contributed by atoms with van der Waals surface area (Å²) in [5.41, 5.74) is 4.36. The van der Waals surface area contributed by atoms with Gasteiger partial charge < -0.3 is 20.2 Å². The first-order valence-corrected chi connectivity index (χ1v) is 15.6. The molecule has 0 unspecified atom stereocenters.